The van der Waals surface area contributed by atoms with Gasteiger partial charge in [-0.25, -0.2) is 4.39 Å². The first-order valence-corrected chi connectivity index (χ1v) is 6.27. The molecule has 0 fully saturated rings. The number of benzene rings is 2. The Morgan fingerprint density at radius 2 is 1.61 bits per heavy atom. The van der Waals surface area contributed by atoms with Crippen molar-refractivity contribution in [3.05, 3.63) is 71.0 Å². The molecule has 2 aromatic carbocycles. The van der Waals surface area contributed by atoms with Gasteiger partial charge in [0.05, 0.1) is 0 Å². The molecule has 0 saturated heterocycles. The number of rotatable bonds is 3. The molecule has 0 radical (unpaired) electrons. The second kappa shape index (κ2) is 5.32. The maximum Gasteiger partial charge on any atom is 0.136 e. The summed E-state index contributed by atoms with van der Waals surface area (Å²) in [5.74, 6) is 0.0751. The maximum atomic E-state index is 13.9. The summed E-state index contributed by atoms with van der Waals surface area (Å²) >= 11 is 0. The second-order valence-corrected chi connectivity index (χ2v) is 4.90. The molecule has 0 aliphatic carbocycles. The molecule has 18 heavy (non-hydrogen) atoms. The lowest BCUT2D eigenvalue weighted by Crippen LogP contribution is -2.54. The van der Waals surface area contributed by atoms with Crippen LogP contribution in [0, 0.1) is 5.82 Å². The lowest BCUT2D eigenvalue weighted by Gasteiger charge is -2.12. The first kappa shape index (κ1) is 12.8. The van der Waals surface area contributed by atoms with Gasteiger partial charge in [0.15, 0.2) is 0 Å². The Labute approximate surface area is 107 Å². The van der Waals surface area contributed by atoms with E-state index in [2.05, 4.69) is 5.73 Å². The predicted octanol–water partition coefficient (Wildman–Crippen LogP) is 3.28. The molecule has 0 aromatic heterocycles. The van der Waals surface area contributed by atoms with Gasteiger partial charge in [-0.15, -0.1) is 0 Å². The Morgan fingerprint density at radius 1 is 0.944 bits per heavy atom. The fraction of sp³-hybridized carbons (Fsp3) is 0.250. The first-order valence-electron chi connectivity index (χ1n) is 6.27. The van der Waals surface area contributed by atoms with Gasteiger partial charge >= 0.3 is 0 Å². The molecule has 0 saturated carbocycles. The summed E-state index contributed by atoms with van der Waals surface area (Å²) < 4.78 is 13.9. The zero-order chi connectivity index (χ0) is 13.1. The standard InChI is InChI=1S/C16H18FN/c1-11(2)14-9-8-13(10-15(14)17)16(18)12-6-4-3-5-7-12/h3-11,16H,18H2,1-2H3/p+1/t16-/m0/s1. The van der Waals surface area contributed by atoms with Crippen LogP contribution in [-0.4, -0.2) is 0 Å². The van der Waals surface area contributed by atoms with Crippen molar-refractivity contribution < 1.29 is 10.1 Å². The van der Waals surface area contributed by atoms with Crippen molar-refractivity contribution in [1.82, 2.24) is 0 Å². The second-order valence-electron chi connectivity index (χ2n) is 4.90. The van der Waals surface area contributed by atoms with Crippen LogP contribution in [0.5, 0.6) is 0 Å². The highest BCUT2D eigenvalue weighted by molar-refractivity contribution is 5.33. The van der Waals surface area contributed by atoms with E-state index in [0.717, 1.165) is 16.7 Å². The molecular weight excluding hydrogens is 225 g/mol. The van der Waals surface area contributed by atoms with Crippen molar-refractivity contribution in [3.63, 3.8) is 0 Å². The van der Waals surface area contributed by atoms with E-state index in [1.165, 1.54) is 0 Å². The molecule has 94 valence electrons. The molecule has 3 N–H and O–H groups in total. The molecular formula is C16H19FN+. The fourth-order valence-electron chi connectivity index (χ4n) is 2.11. The van der Waals surface area contributed by atoms with Gasteiger partial charge in [0.1, 0.15) is 11.9 Å². The molecule has 2 heteroatoms. The minimum absolute atomic E-state index is 0.0260. The van der Waals surface area contributed by atoms with E-state index in [4.69, 9.17) is 0 Å². The van der Waals surface area contributed by atoms with E-state index < -0.39 is 0 Å². The molecule has 0 aliphatic rings. The average Bonchev–Trinajstić information content (AvgIpc) is 2.38. The highest BCUT2D eigenvalue weighted by Crippen LogP contribution is 2.23. The van der Waals surface area contributed by atoms with Crippen LogP contribution in [0.25, 0.3) is 0 Å². The van der Waals surface area contributed by atoms with Crippen LogP contribution < -0.4 is 5.73 Å². The fourth-order valence-corrected chi connectivity index (χ4v) is 2.11. The van der Waals surface area contributed by atoms with Gasteiger partial charge < -0.3 is 5.73 Å². The summed E-state index contributed by atoms with van der Waals surface area (Å²) in [5.41, 5.74) is 6.92. The summed E-state index contributed by atoms with van der Waals surface area (Å²) in [5, 5.41) is 0. The zero-order valence-electron chi connectivity index (χ0n) is 10.9. The third-order valence-electron chi connectivity index (χ3n) is 3.25. The van der Waals surface area contributed by atoms with Crippen LogP contribution in [-0.2, 0) is 0 Å². The van der Waals surface area contributed by atoms with Gasteiger partial charge in [-0.3, -0.25) is 0 Å². The monoisotopic (exact) mass is 244 g/mol. The molecule has 0 bridgehead atoms. The molecule has 1 atom stereocenters. The Hall–Kier alpha value is -1.67. The van der Waals surface area contributed by atoms with Crippen molar-refractivity contribution in [1.29, 1.82) is 0 Å². The molecule has 2 rings (SSSR count). The largest absolute Gasteiger partial charge is 0.348 e. The van der Waals surface area contributed by atoms with E-state index >= 15 is 0 Å². The van der Waals surface area contributed by atoms with Crippen molar-refractivity contribution in [2.45, 2.75) is 25.8 Å². The van der Waals surface area contributed by atoms with Crippen LogP contribution in [0.2, 0.25) is 0 Å². The van der Waals surface area contributed by atoms with Gasteiger partial charge in [0, 0.05) is 11.1 Å². The molecule has 0 spiro atoms. The van der Waals surface area contributed by atoms with E-state index in [-0.39, 0.29) is 17.8 Å². The molecule has 0 amide bonds. The number of hydrogen-bond donors (Lipinski definition) is 1. The van der Waals surface area contributed by atoms with Gasteiger partial charge in [0.25, 0.3) is 0 Å². The van der Waals surface area contributed by atoms with Crippen LogP contribution in [0.15, 0.2) is 48.5 Å². The third-order valence-corrected chi connectivity index (χ3v) is 3.25. The summed E-state index contributed by atoms with van der Waals surface area (Å²) in [6, 6.07) is 15.4. The molecule has 1 nitrogen and oxygen atoms in total. The number of quaternary nitrogens is 1. The molecule has 2 aromatic rings. The van der Waals surface area contributed by atoms with Crippen LogP contribution in [0.3, 0.4) is 0 Å². The SMILES string of the molecule is CC(C)c1ccc([C@@H]([NH3+])c2ccccc2)cc1F. The van der Waals surface area contributed by atoms with Crippen molar-refractivity contribution in [2.24, 2.45) is 0 Å². The predicted molar refractivity (Wildman–Crippen MR) is 71.7 cm³/mol. The quantitative estimate of drug-likeness (QED) is 0.858. The molecule has 0 aliphatic heterocycles. The average molecular weight is 244 g/mol. The molecule has 0 unspecified atom stereocenters. The Balaban J connectivity index is 2.32. The topological polar surface area (TPSA) is 27.6 Å². The van der Waals surface area contributed by atoms with Crippen molar-refractivity contribution in [3.8, 4) is 0 Å². The van der Waals surface area contributed by atoms with Gasteiger partial charge in [-0.1, -0.05) is 56.3 Å². The van der Waals surface area contributed by atoms with Crippen LogP contribution >= 0.6 is 0 Å². The van der Waals surface area contributed by atoms with Gasteiger partial charge in [-0.2, -0.15) is 0 Å². The zero-order valence-corrected chi connectivity index (χ0v) is 10.9. The van der Waals surface area contributed by atoms with Gasteiger partial charge in [-0.05, 0) is 17.5 Å². The minimum atomic E-state index is -0.132. The Morgan fingerprint density at radius 3 is 2.17 bits per heavy atom. The highest BCUT2D eigenvalue weighted by Gasteiger charge is 2.15. The van der Waals surface area contributed by atoms with E-state index in [9.17, 15) is 4.39 Å². The minimum Gasteiger partial charge on any atom is -0.348 e. The van der Waals surface area contributed by atoms with Gasteiger partial charge in [0.2, 0.25) is 0 Å². The Bertz CT molecular complexity index is 520. The van der Waals surface area contributed by atoms with Crippen LogP contribution in [0.4, 0.5) is 4.39 Å². The normalized spacial score (nSPS) is 12.7. The summed E-state index contributed by atoms with van der Waals surface area (Å²) in [6.07, 6.45) is 0. The highest BCUT2D eigenvalue weighted by atomic mass is 19.1. The summed E-state index contributed by atoms with van der Waals surface area (Å²) in [4.78, 5) is 0. The number of halogens is 1. The lowest BCUT2D eigenvalue weighted by atomic mass is 9.95. The van der Waals surface area contributed by atoms with Crippen molar-refractivity contribution >= 4 is 0 Å². The molecule has 0 heterocycles. The van der Waals surface area contributed by atoms with Crippen LogP contribution in [0.1, 0.15) is 42.5 Å². The lowest BCUT2D eigenvalue weighted by molar-refractivity contribution is -0.411. The Kier molecular flexibility index (Phi) is 3.78. The van der Waals surface area contributed by atoms with E-state index in [0.29, 0.717) is 0 Å². The number of hydrogen-bond acceptors (Lipinski definition) is 0. The maximum absolute atomic E-state index is 13.9. The smallest absolute Gasteiger partial charge is 0.136 e. The third kappa shape index (κ3) is 2.59. The first-order chi connectivity index (χ1) is 8.59. The van der Waals surface area contributed by atoms with Crippen molar-refractivity contribution in [2.75, 3.05) is 0 Å². The van der Waals surface area contributed by atoms with E-state index in [1.54, 1.807) is 6.07 Å². The van der Waals surface area contributed by atoms with E-state index in [1.807, 2.05) is 56.3 Å². The summed E-state index contributed by atoms with van der Waals surface area (Å²) in [7, 11) is 0. The summed E-state index contributed by atoms with van der Waals surface area (Å²) in [6.45, 7) is 3.99.